The van der Waals surface area contributed by atoms with Crippen LogP contribution in [0.2, 0.25) is 0 Å². The van der Waals surface area contributed by atoms with Gasteiger partial charge in [-0.25, -0.2) is 0 Å². The van der Waals surface area contributed by atoms with Gasteiger partial charge in [-0.3, -0.25) is 10.1 Å². The zero-order chi connectivity index (χ0) is 13.0. The van der Waals surface area contributed by atoms with E-state index in [1.54, 1.807) is 6.08 Å². The highest BCUT2D eigenvalue weighted by molar-refractivity contribution is 4.87. The van der Waals surface area contributed by atoms with Crippen LogP contribution in [0.3, 0.4) is 0 Å². The van der Waals surface area contributed by atoms with Crippen LogP contribution < -0.4 is 0 Å². The van der Waals surface area contributed by atoms with E-state index < -0.39 is 5.79 Å². The van der Waals surface area contributed by atoms with Gasteiger partial charge < -0.3 is 9.47 Å². The number of allylic oxidation sites excluding steroid dienone is 1. The van der Waals surface area contributed by atoms with Crippen LogP contribution in [-0.4, -0.2) is 30.0 Å². The van der Waals surface area contributed by atoms with E-state index in [-0.39, 0.29) is 23.5 Å². The quantitative estimate of drug-likeness (QED) is 0.430. The first-order valence-corrected chi connectivity index (χ1v) is 6.70. The fourth-order valence-corrected chi connectivity index (χ4v) is 2.91. The summed E-state index contributed by atoms with van der Waals surface area (Å²) in [4.78, 5) is 10.4. The first-order chi connectivity index (χ1) is 8.65. The molecule has 0 bridgehead atoms. The third-order valence-electron chi connectivity index (χ3n) is 3.87. The number of rotatable bonds is 5. The Morgan fingerprint density at radius 2 is 2.17 bits per heavy atom. The zero-order valence-corrected chi connectivity index (χ0v) is 10.7. The van der Waals surface area contributed by atoms with Crippen LogP contribution in [0, 0.1) is 16.0 Å². The van der Waals surface area contributed by atoms with Crippen LogP contribution in [0.25, 0.3) is 0 Å². The van der Waals surface area contributed by atoms with Crippen molar-refractivity contribution < 1.29 is 14.4 Å². The third kappa shape index (κ3) is 3.09. The molecule has 2 rings (SSSR count). The van der Waals surface area contributed by atoms with Crippen molar-refractivity contribution in [1.29, 1.82) is 0 Å². The number of hydrogen-bond acceptors (Lipinski definition) is 4. The van der Waals surface area contributed by atoms with Gasteiger partial charge in [0.2, 0.25) is 6.54 Å². The van der Waals surface area contributed by atoms with E-state index in [1.807, 2.05) is 0 Å². The molecule has 0 N–H and O–H groups in total. The van der Waals surface area contributed by atoms with E-state index in [0.717, 1.165) is 25.7 Å². The lowest BCUT2D eigenvalue weighted by Crippen LogP contribution is -2.35. The minimum absolute atomic E-state index is 0.0733. The minimum Gasteiger partial charge on any atom is -0.347 e. The van der Waals surface area contributed by atoms with Gasteiger partial charge in [0.15, 0.2) is 5.79 Å². The van der Waals surface area contributed by atoms with Crippen LogP contribution in [0.5, 0.6) is 0 Å². The smallest absolute Gasteiger partial charge is 0.209 e. The molecule has 1 spiro atoms. The van der Waals surface area contributed by atoms with Gasteiger partial charge in [0, 0.05) is 17.8 Å². The van der Waals surface area contributed by atoms with Crippen LogP contribution in [0.15, 0.2) is 12.7 Å². The molecular weight excluding hydrogens is 234 g/mol. The van der Waals surface area contributed by atoms with E-state index in [0.29, 0.717) is 13.0 Å². The highest BCUT2D eigenvalue weighted by Crippen LogP contribution is 2.39. The Bertz CT molecular complexity index is 312. The minimum atomic E-state index is -0.446. The zero-order valence-electron chi connectivity index (χ0n) is 10.7. The summed E-state index contributed by atoms with van der Waals surface area (Å²) in [6.45, 7) is 4.07. The molecule has 0 aromatic heterocycles. The van der Waals surface area contributed by atoms with Gasteiger partial charge in [-0.05, 0) is 19.3 Å². The average molecular weight is 255 g/mol. The second kappa shape index (κ2) is 5.80. The SMILES string of the molecule is C=CC[C@H](C[N+](=O)[O-])[C@H]1COC2(CCCCC2)O1. The maximum absolute atomic E-state index is 10.7. The molecule has 2 atom stereocenters. The summed E-state index contributed by atoms with van der Waals surface area (Å²) in [5, 5.41) is 10.7. The summed E-state index contributed by atoms with van der Waals surface area (Å²) in [6, 6.07) is 0. The summed E-state index contributed by atoms with van der Waals surface area (Å²) in [5.41, 5.74) is 0. The number of hydrogen-bond donors (Lipinski definition) is 0. The predicted octanol–water partition coefficient (Wildman–Crippen LogP) is 2.53. The van der Waals surface area contributed by atoms with Crippen LogP contribution in [0.1, 0.15) is 38.5 Å². The van der Waals surface area contributed by atoms with E-state index in [1.165, 1.54) is 6.42 Å². The number of nitrogens with zero attached hydrogens (tertiary/aromatic N) is 1. The summed E-state index contributed by atoms with van der Waals surface area (Å²) in [6.07, 6.45) is 7.47. The standard InChI is InChI=1S/C13H21NO4/c1-2-6-11(9-14(15)16)12-10-17-13(18-12)7-4-3-5-8-13/h2,11-12H,1,3-10H2/t11-,12-/m1/s1. The largest absolute Gasteiger partial charge is 0.347 e. The fourth-order valence-electron chi connectivity index (χ4n) is 2.91. The first kappa shape index (κ1) is 13.5. The molecule has 1 heterocycles. The van der Waals surface area contributed by atoms with Crippen molar-refractivity contribution >= 4 is 0 Å². The summed E-state index contributed by atoms with van der Waals surface area (Å²) < 4.78 is 11.9. The van der Waals surface area contributed by atoms with E-state index in [2.05, 4.69) is 6.58 Å². The maximum Gasteiger partial charge on any atom is 0.209 e. The molecule has 5 heteroatoms. The van der Waals surface area contributed by atoms with Gasteiger partial charge in [0.25, 0.3) is 0 Å². The Labute approximate surface area is 107 Å². The molecule has 1 saturated carbocycles. The van der Waals surface area contributed by atoms with Gasteiger partial charge >= 0.3 is 0 Å². The normalized spacial score (nSPS) is 28.1. The Balaban J connectivity index is 1.95. The molecule has 1 saturated heterocycles. The first-order valence-electron chi connectivity index (χ1n) is 6.70. The van der Waals surface area contributed by atoms with Crippen LogP contribution in [0.4, 0.5) is 0 Å². The molecule has 2 fully saturated rings. The second-order valence-corrected chi connectivity index (χ2v) is 5.24. The van der Waals surface area contributed by atoms with E-state index in [4.69, 9.17) is 9.47 Å². The van der Waals surface area contributed by atoms with Crippen molar-refractivity contribution in [2.75, 3.05) is 13.2 Å². The van der Waals surface area contributed by atoms with Gasteiger partial charge in [0.05, 0.1) is 18.6 Å². The molecule has 0 unspecified atom stereocenters. The topological polar surface area (TPSA) is 61.6 Å². The van der Waals surface area contributed by atoms with Gasteiger partial charge in [-0.15, -0.1) is 6.58 Å². The molecule has 0 aromatic rings. The summed E-state index contributed by atoms with van der Waals surface area (Å²) in [7, 11) is 0. The molecule has 102 valence electrons. The Morgan fingerprint density at radius 3 is 2.78 bits per heavy atom. The lowest BCUT2D eigenvalue weighted by atomic mass is 9.94. The predicted molar refractivity (Wildman–Crippen MR) is 66.8 cm³/mol. The van der Waals surface area contributed by atoms with Gasteiger partial charge in [0.1, 0.15) is 0 Å². The molecule has 5 nitrogen and oxygen atoms in total. The Kier molecular flexibility index (Phi) is 4.35. The second-order valence-electron chi connectivity index (χ2n) is 5.24. The summed E-state index contributed by atoms with van der Waals surface area (Å²) >= 11 is 0. The summed E-state index contributed by atoms with van der Waals surface area (Å²) in [5.74, 6) is -0.572. The monoisotopic (exact) mass is 255 g/mol. The van der Waals surface area contributed by atoms with Crippen LogP contribution >= 0.6 is 0 Å². The highest BCUT2D eigenvalue weighted by atomic mass is 16.7. The average Bonchev–Trinajstić information content (AvgIpc) is 2.73. The van der Waals surface area contributed by atoms with Crippen molar-refractivity contribution in [2.24, 2.45) is 5.92 Å². The fraction of sp³-hybridized carbons (Fsp3) is 0.846. The van der Waals surface area contributed by atoms with Crippen molar-refractivity contribution in [3.05, 3.63) is 22.8 Å². The molecule has 1 aliphatic heterocycles. The molecule has 18 heavy (non-hydrogen) atoms. The lowest BCUT2D eigenvalue weighted by molar-refractivity contribution is -0.490. The number of ether oxygens (including phenoxy) is 2. The Hall–Kier alpha value is -0.940. The maximum atomic E-state index is 10.7. The highest BCUT2D eigenvalue weighted by Gasteiger charge is 2.45. The van der Waals surface area contributed by atoms with Crippen molar-refractivity contribution in [3.8, 4) is 0 Å². The Morgan fingerprint density at radius 1 is 1.44 bits per heavy atom. The lowest BCUT2D eigenvalue weighted by Gasteiger charge is -2.32. The molecular formula is C13H21NO4. The van der Waals surface area contributed by atoms with Gasteiger partial charge in [-0.2, -0.15) is 0 Å². The third-order valence-corrected chi connectivity index (χ3v) is 3.87. The van der Waals surface area contributed by atoms with Gasteiger partial charge in [-0.1, -0.05) is 12.5 Å². The van der Waals surface area contributed by atoms with Crippen LogP contribution in [-0.2, 0) is 9.47 Å². The van der Waals surface area contributed by atoms with Crippen molar-refractivity contribution in [2.45, 2.75) is 50.4 Å². The molecule has 0 radical (unpaired) electrons. The van der Waals surface area contributed by atoms with Crippen molar-refractivity contribution in [1.82, 2.24) is 0 Å². The van der Waals surface area contributed by atoms with Crippen molar-refractivity contribution in [3.63, 3.8) is 0 Å². The van der Waals surface area contributed by atoms with E-state index in [9.17, 15) is 10.1 Å². The van der Waals surface area contributed by atoms with E-state index >= 15 is 0 Å². The molecule has 1 aliphatic carbocycles. The molecule has 0 aromatic carbocycles. The number of nitro groups is 1. The molecule has 0 amide bonds. The molecule has 2 aliphatic rings.